The van der Waals surface area contributed by atoms with Crippen LogP contribution in [0.5, 0.6) is 0 Å². The molecular weight excluding hydrogens is 184 g/mol. The van der Waals surface area contributed by atoms with E-state index >= 15 is 0 Å². The van der Waals surface area contributed by atoms with Gasteiger partial charge in [-0.1, -0.05) is 0 Å². The lowest BCUT2D eigenvalue weighted by molar-refractivity contribution is 0.246. The minimum Gasteiger partial charge on any atom is -0.328 e. The Kier molecular flexibility index (Phi) is 4.04. The van der Waals surface area contributed by atoms with Gasteiger partial charge in [-0.25, -0.2) is 0 Å². The second-order valence-electron chi connectivity index (χ2n) is 5.77. The van der Waals surface area contributed by atoms with E-state index in [0.29, 0.717) is 6.04 Å². The van der Waals surface area contributed by atoms with Crippen molar-refractivity contribution in [2.45, 2.75) is 51.5 Å². The van der Waals surface area contributed by atoms with Crippen LogP contribution < -0.4 is 5.73 Å². The Bertz CT molecular complexity index is 169. The smallest absolute Gasteiger partial charge is 0.00109 e. The predicted octanol–water partition coefficient (Wildman–Crippen LogP) is 2.24. The number of hydrogen-bond donors (Lipinski definition) is 1. The molecule has 0 heterocycles. The van der Waals surface area contributed by atoms with Gasteiger partial charge in [0.25, 0.3) is 0 Å². The van der Waals surface area contributed by atoms with Gasteiger partial charge < -0.3 is 10.6 Å². The molecular formula is C13H26N2. The normalized spacial score (nSPS) is 23.4. The Morgan fingerprint density at radius 3 is 2.07 bits per heavy atom. The van der Waals surface area contributed by atoms with Crippen molar-refractivity contribution in [3.05, 3.63) is 0 Å². The van der Waals surface area contributed by atoms with Crippen LogP contribution in [0, 0.1) is 11.8 Å². The molecule has 2 nitrogen and oxygen atoms in total. The third-order valence-corrected chi connectivity index (χ3v) is 3.56. The Morgan fingerprint density at radius 1 is 1.13 bits per heavy atom. The third kappa shape index (κ3) is 4.98. The SMILES string of the molecule is CC(N)CCCN(CC1CC1)CC1CC1. The predicted molar refractivity (Wildman–Crippen MR) is 64.8 cm³/mol. The van der Waals surface area contributed by atoms with Crippen molar-refractivity contribution >= 4 is 0 Å². The molecule has 0 bridgehead atoms. The van der Waals surface area contributed by atoms with Crippen molar-refractivity contribution in [1.29, 1.82) is 0 Å². The first kappa shape index (κ1) is 11.4. The zero-order chi connectivity index (χ0) is 10.7. The monoisotopic (exact) mass is 210 g/mol. The van der Waals surface area contributed by atoms with Gasteiger partial charge in [-0.2, -0.15) is 0 Å². The Balaban J connectivity index is 1.61. The van der Waals surface area contributed by atoms with Crippen LogP contribution in [0.15, 0.2) is 0 Å². The van der Waals surface area contributed by atoms with Crippen LogP contribution in [0.1, 0.15) is 45.4 Å². The first-order valence-corrected chi connectivity index (χ1v) is 6.72. The summed E-state index contributed by atoms with van der Waals surface area (Å²) in [4.78, 5) is 2.71. The molecule has 0 saturated heterocycles. The molecule has 2 rings (SSSR count). The summed E-state index contributed by atoms with van der Waals surface area (Å²) in [5, 5.41) is 0. The van der Waals surface area contributed by atoms with Gasteiger partial charge in [0, 0.05) is 19.1 Å². The third-order valence-electron chi connectivity index (χ3n) is 3.56. The minimum absolute atomic E-state index is 0.383. The summed E-state index contributed by atoms with van der Waals surface area (Å²) in [6, 6.07) is 0.383. The van der Waals surface area contributed by atoms with Crippen LogP contribution in [0.25, 0.3) is 0 Å². The maximum atomic E-state index is 5.79. The van der Waals surface area contributed by atoms with Crippen LogP contribution in [0.4, 0.5) is 0 Å². The fourth-order valence-electron chi connectivity index (χ4n) is 2.23. The number of hydrogen-bond acceptors (Lipinski definition) is 2. The van der Waals surface area contributed by atoms with E-state index in [-0.39, 0.29) is 0 Å². The zero-order valence-corrected chi connectivity index (χ0v) is 10.1. The van der Waals surface area contributed by atoms with E-state index in [1.807, 2.05) is 0 Å². The maximum Gasteiger partial charge on any atom is 0.00109 e. The standard InChI is InChI=1S/C13H26N2/c1-11(14)3-2-8-15(9-12-4-5-12)10-13-6-7-13/h11-13H,2-10,14H2,1H3. The molecule has 0 aromatic rings. The van der Waals surface area contributed by atoms with E-state index in [1.54, 1.807) is 0 Å². The summed E-state index contributed by atoms with van der Waals surface area (Å²) in [6.45, 7) is 6.14. The molecule has 1 unspecified atom stereocenters. The fraction of sp³-hybridized carbons (Fsp3) is 1.00. The van der Waals surface area contributed by atoms with E-state index in [9.17, 15) is 0 Å². The molecule has 15 heavy (non-hydrogen) atoms. The van der Waals surface area contributed by atoms with Crippen molar-refractivity contribution in [2.75, 3.05) is 19.6 Å². The molecule has 0 radical (unpaired) electrons. The van der Waals surface area contributed by atoms with Gasteiger partial charge in [0.1, 0.15) is 0 Å². The topological polar surface area (TPSA) is 29.3 Å². The first-order valence-electron chi connectivity index (χ1n) is 6.72. The van der Waals surface area contributed by atoms with Crippen molar-refractivity contribution in [1.82, 2.24) is 4.90 Å². The molecule has 1 atom stereocenters. The van der Waals surface area contributed by atoms with Gasteiger partial charge in [0.05, 0.1) is 0 Å². The van der Waals surface area contributed by atoms with Gasteiger partial charge in [0.15, 0.2) is 0 Å². The average Bonchev–Trinajstić information content (AvgIpc) is 2.97. The lowest BCUT2D eigenvalue weighted by Crippen LogP contribution is -2.30. The summed E-state index contributed by atoms with van der Waals surface area (Å²) in [5.74, 6) is 2.08. The fourth-order valence-corrected chi connectivity index (χ4v) is 2.23. The van der Waals surface area contributed by atoms with E-state index in [1.165, 1.54) is 58.2 Å². The Morgan fingerprint density at radius 2 is 1.67 bits per heavy atom. The second kappa shape index (κ2) is 5.31. The van der Waals surface area contributed by atoms with Crippen LogP contribution >= 0.6 is 0 Å². The highest BCUT2D eigenvalue weighted by Gasteiger charge is 2.28. The van der Waals surface area contributed by atoms with Gasteiger partial charge in [-0.15, -0.1) is 0 Å². The maximum absolute atomic E-state index is 5.79. The molecule has 2 aliphatic rings. The van der Waals surface area contributed by atoms with Gasteiger partial charge >= 0.3 is 0 Å². The highest BCUT2D eigenvalue weighted by molar-refractivity contribution is 4.82. The quantitative estimate of drug-likeness (QED) is 0.666. The van der Waals surface area contributed by atoms with E-state index in [0.717, 1.165) is 11.8 Å². The van der Waals surface area contributed by atoms with Crippen molar-refractivity contribution < 1.29 is 0 Å². The number of nitrogens with two attached hydrogens (primary N) is 1. The Labute approximate surface area is 94.2 Å². The summed E-state index contributed by atoms with van der Waals surface area (Å²) >= 11 is 0. The van der Waals surface area contributed by atoms with E-state index < -0.39 is 0 Å². The lowest BCUT2D eigenvalue weighted by atomic mass is 10.2. The highest BCUT2D eigenvalue weighted by atomic mass is 15.1. The molecule has 88 valence electrons. The van der Waals surface area contributed by atoms with E-state index in [4.69, 9.17) is 5.73 Å². The van der Waals surface area contributed by atoms with Crippen molar-refractivity contribution in [3.8, 4) is 0 Å². The second-order valence-corrected chi connectivity index (χ2v) is 5.77. The van der Waals surface area contributed by atoms with Crippen LogP contribution in [0.2, 0.25) is 0 Å². The van der Waals surface area contributed by atoms with Crippen molar-refractivity contribution in [2.24, 2.45) is 17.6 Å². The van der Waals surface area contributed by atoms with Crippen LogP contribution in [-0.2, 0) is 0 Å². The van der Waals surface area contributed by atoms with Crippen LogP contribution in [0.3, 0.4) is 0 Å². The molecule has 2 heteroatoms. The molecule has 0 aromatic heterocycles. The summed E-state index contributed by atoms with van der Waals surface area (Å²) in [5.41, 5.74) is 5.79. The largest absolute Gasteiger partial charge is 0.328 e. The molecule has 2 N–H and O–H groups in total. The Hall–Kier alpha value is -0.0800. The van der Waals surface area contributed by atoms with E-state index in [2.05, 4.69) is 11.8 Å². The molecule has 2 aliphatic carbocycles. The summed E-state index contributed by atoms with van der Waals surface area (Å²) in [7, 11) is 0. The summed E-state index contributed by atoms with van der Waals surface area (Å²) in [6.07, 6.45) is 8.40. The molecule has 2 fully saturated rings. The highest BCUT2D eigenvalue weighted by Crippen LogP contribution is 2.33. The molecule has 0 amide bonds. The molecule has 2 saturated carbocycles. The van der Waals surface area contributed by atoms with Gasteiger partial charge in [-0.05, 0) is 63.8 Å². The molecule has 0 aliphatic heterocycles. The summed E-state index contributed by atoms with van der Waals surface area (Å²) < 4.78 is 0. The lowest BCUT2D eigenvalue weighted by Gasteiger charge is -2.22. The zero-order valence-electron chi connectivity index (χ0n) is 10.1. The minimum atomic E-state index is 0.383. The van der Waals surface area contributed by atoms with Gasteiger partial charge in [-0.3, -0.25) is 0 Å². The number of rotatable bonds is 8. The molecule has 0 aromatic carbocycles. The average molecular weight is 210 g/mol. The van der Waals surface area contributed by atoms with Crippen LogP contribution in [-0.4, -0.2) is 30.6 Å². The first-order chi connectivity index (χ1) is 7.24. The molecule has 0 spiro atoms. The number of nitrogens with zero attached hydrogens (tertiary/aromatic N) is 1. The van der Waals surface area contributed by atoms with Crippen molar-refractivity contribution in [3.63, 3.8) is 0 Å². The van der Waals surface area contributed by atoms with Gasteiger partial charge in [0.2, 0.25) is 0 Å².